The monoisotopic (exact) mass is 303 g/mol. The summed E-state index contributed by atoms with van der Waals surface area (Å²) in [6.07, 6.45) is 0. The van der Waals surface area contributed by atoms with Gasteiger partial charge in [0.25, 0.3) is 0 Å². The molecule has 0 saturated heterocycles. The molecule has 1 heterocycles. The molecule has 0 bridgehead atoms. The molecule has 0 aliphatic rings. The lowest BCUT2D eigenvalue weighted by Gasteiger charge is -2.09. The third kappa shape index (κ3) is 2.45. The van der Waals surface area contributed by atoms with Crippen LogP contribution in [0.15, 0.2) is 36.4 Å². The molecular formula is C14H11ClFN5. The van der Waals surface area contributed by atoms with E-state index in [1.165, 1.54) is 22.9 Å². The van der Waals surface area contributed by atoms with Gasteiger partial charge in [-0.1, -0.05) is 17.7 Å². The highest BCUT2D eigenvalue weighted by molar-refractivity contribution is 6.32. The molecule has 3 aromatic rings. The van der Waals surface area contributed by atoms with Gasteiger partial charge in [-0.3, -0.25) is 0 Å². The van der Waals surface area contributed by atoms with E-state index >= 15 is 0 Å². The number of hydrogen-bond acceptors (Lipinski definition) is 4. The Kier molecular flexibility index (Phi) is 3.31. The lowest BCUT2D eigenvalue weighted by atomic mass is 10.1. The van der Waals surface area contributed by atoms with Crippen LogP contribution in [0, 0.1) is 12.7 Å². The second kappa shape index (κ2) is 5.14. The molecule has 0 spiro atoms. The van der Waals surface area contributed by atoms with Gasteiger partial charge in [-0.25, -0.2) is 4.39 Å². The van der Waals surface area contributed by atoms with E-state index in [-0.39, 0.29) is 0 Å². The van der Waals surface area contributed by atoms with Crippen molar-refractivity contribution < 1.29 is 4.39 Å². The second-order valence-electron chi connectivity index (χ2n) is 4.58. The average molecular weight is 304 g/mol. The molecule has 0 amide bonds. The van der Waals surface area contributed by atoms with E-state index in [0.29, 0.717) is 22.2 Å². The zero-order valence-electron chi connectivity index (χ0n) is 11.1. The largest absolute Gasteiger partial charge is 0.399 e. The molecule has 0 unspecified atom stereocenters. The van der Waals surface area contributed by atoms with Gasteiger partial charge in [-0.05, 0) is 47.2 Å². The minimum atomic E-state index is -0.417. The zero-order chi connectivity index (χ0) is 15.0. The molecule has 21 heavy (non-hydrogen) atoms. The van der Waals surface area contributed by atoms with Crippen molar-refractivity contribution in [2.24, 2.45) is 0 Å². The fourth-order valence-corrected chi connectivity index (χ4v) is 2.24. The molecule has 2 aromatic carbocycles. The van der Waals surface area contributed by atoms with Crippen LogP contribution in [-0.4, -0.2) is 20.2 Å². The van der Waals surface area contributed by atoms with Crippen LogP contribution in [0.4, 0.5) is 10.1 Å². The summed E-state index contributed by atoms with van der Waals surface area (Å²) in [5.74, 6) is 0.0347. The molecule has 0 saturated carbocycles. The zero-order valence-corrected chi connectivity index (χ0v) is 11.8. The molecule has 0 atom stereocenters. The summed E-state index contributed by atoms with van der Waals surface area (Å²) in [7, 11) is 0. The van der Waals surface area contributed by atoms with Gasteiger partial charge in [0.1, 0.15) is 5.82 Å². The number of rotatable bonds is 2. The molecule has 5 nitrogen and oxygen atoms in total. The maximum Gasteiger partial charge on any atom is 0.187 e. The number of nitrogens with zero attached hydrogens (tertiary/aromatic N) is 4. The summed E-state index contributed by atoms with van der Waals surface area (Å²) < 4.78 is 14.9. The summed E-state index contributed by atoms with van der Waals surface area (Å²) in [6.45, 7) is 1.92. The third-order valence-corrected chi connectivity index (χ3v) is 3.43. The van der Waals surface area contributed by atoms with E-state index in [1.54, 1.807) is 12.1 Å². The summed E-state index contributed by atoms with van der Waals surface area (Å²) >= 11 is 6.11. The summed E-state index contributed by atoms with van der Waals surface area (Å²) in [5.41, 5.74) is 8.49. The number of aromatic nitrogens is 4. The lowest BCUT2D eigenvalue weighted by molar-refractivity contribution is 0.625. The Balaban J connectivity index is 2.22. The van der Waals surface area contributed by atoms with Crippen LogP contribution in [-0.2, 0) is 0 Å². The standard InChI is InChI=1S/C14H11ClFN5/c1-8-2-4-10(17)7-11(8)14-18-19-20-21(14)13-6-9(16)3-5-12(13)15/h2-7H,17H2,1H3. The van der Waals surface area contributed by atoms with E-state index in [4.69, 9.17) is 17.3 Å². The van der Waals surface area contributed by atoms with Gasteiger partial charge in [-0.15, -0.1) is 5.10 Å². The molecule has 3 rings (SSSR count). The quantitative estimate of drug-likeness (QED) is 0.739. The van der Waals surface area contributed by atoms with Crippen molar-refractivity contribution in [3.05, 3.63) is 52.8 Å². The van der Waals surface area contributed by atoms with Crippen LogP contribution in [0.5, 0.6) is 0 Å². The first kappa shape index (κ1) is 13.5. The van der Waals surface area contributed by atoms with E-state index in [0.717, 1.165) is 11.1 Å². The molecule has 0 radical (unpaired) electrons. The van der Waals surface area contributed by atoms with Crippen molar-refractivity contribution >= 4 is 17.3 Å². The fourth-order valence-electron chi connectivity index (χ4n) is 2.05. The number of nitrogen functional groups attached to an aromatic ring is 1. The first-order valence-corrected chi connectivity index (χ1v) is 6.54. The van der Waals surface area contributed by atoms with Gasteiger partial charge >= 0.3 is 0 Å². The Bertz CT molecular complexity index is 749. The predicted octanol–water partition coefficient (Wildman–Crippen LogP) is 3.01. The second-order valence-corrected chi connectivity index (χ2v) is 4.99. The molecule has 0 aliphatic carbocycles. The van der Waals surface area contributed by atoms with E-state index < -0.39 is 5.82 Å². The van der Waals surface area contributed by atoms with Crippen molar-refractivity contribution in [1.29, 1.82) is 0 Å². The molecular weight excluding hydrogens is 293 g/mol. The van der Waals surface area contributed by atoms with Gasteiger partial charge in [0.05, 0.1) is 10.7 Å². The van der Waals surface area contributed by atoms with Gasteiger partial charge in [-0.2, -0.15) is 4.68 Å². The number of halogens is 2. The van der Waals surface area contributed by atoms with Crippen LogP contribution >= 0.6 is 11.6 Å². The highest BCUT2D eigenvalue weighted by Gasteiger charge is 2.16. The van der Waals surface area contributed by atoms with Gasteiger partial charge in [0.15, 0.2) is 5.82 Å². The topological polar surface area (TPSA) is 69.6 Å². The van der Waals surface area contributed by atoms with E-state index in [1.807, 2.05) is 13.0 Å². The van der Waals surface area contributed by atoms with Gasteiger partial charge in [0, 0.05) is 17.3 Å². The van der Waals surface area contributed by atoms with Crippen molar-refractivity contribution in [3.8, 4) is 17.1 Å². The summed E-state index contributed by atoms with van der Waals surface area (Å²) in [6, 6.07) is 9.46. The maximum absolute atomic E-state index is 13.5. The summed E-state index contributed by atoms with van der Waals surface area (Å²) in [4.78, 5) is 0. The Morgan fingerprint density at radius 1 is 1.19 bits per heavy atom. The fraction of sp³-hybridized carbons (Fsp3) is 0.0714. The minimum absolute atomic E-state index is 0.353. The predicted molar refractivity (Wildman–Crippen MR) is 78.7 cm³/mol. The molecule has 0 fully saturated rings. The summed E-state index contributed by atoms with van der Waals surface area (Å²) in [5, 5.41) is 11.9. The number of hydrogen-bond donors (Lipinski definition) is 1. The lowest BCUT2D eigenvalue weighted by Crippen LogP contribution is -2.02. The van der Waals surface area contributed by atoms with E-state index in [2.05, 4.69) is 15.5 Å². The first-order valence-electron chi connectivity index (χ1n) is 6.16. The minimum Gasteiger partial charge on any atom is -0.399 e. The molecule has 2 N–H and O–H groups in total. The third-order valence-electron chi connectivity index (χ3n) is 3.11. The Labute approximate surface area is 125 Å². The number of aryl methyl sites for hydroxylation is 1. The number of anilines is 1. The molecule has 0 aliphatic heterocycles. The Hall–Kier alpha value is -2.47. The first-order chi connectivity index (χ1) is 10.1. The highest BCUT2D eigenvalue weighted by atomic mass is 35.5. The van der Waals surface area contributed by atoms with Crippen molar-refractivity contribution in [3.63, 3.8) is 0 Å². The normalized spacial score (nSPS) is 10.8. The van der Waals surface area contributed by atoms with Crippen molar-refractivity contribution in [2.45, 2.75) is 6.92 Å². The Morgan fingerprint density at radius 2 is 2.00 bits per heavy atom. The number of tetrazole rings is 1. The van der Waals surface area contributed by atoms with Crippen molar-refractivity contribution in [2.75, 3.05) is 5.73 Å². The molecule has 7 heteroatoms. The SMILES string of the molecule is Cc1ccc(N)cc1-c1nnnn1-c1cc(F)ccc1Cl. The van der Waals surface area contributed by atoms with Crippen LogP contribution in [0.25, 0.3) is 17.1 Å². The Morgan fingerprint density at radius 3 is 2.81 bits per heavy atom. The smallest absolute Gasteiger partial charge is 0.187 e. The van der Waals surface area contributed by atoms with Gasteiger partial charge in [0.2, 0.25) is 0 Å². The van der Waals surface area contributed by atoms with Crippen LogP contribution < -0.4 is 5.73 Å². The molecule has 106 valence electrons. The van der Waals surface area contributed by atoms with Crippen molar-refractivity contribution in [1.82, 2.24) is 20.2 Å². The van der Waals surface area contributed by atoms with Gasteiger partial charge < -0.3 is 5.73 Å². The van der Waals surface area contributed by atoms with Crippen LogP contribution in [0.3, 0.4) is 0 Å². The van der Waals surface area contributed by atoms with Crippen LogP contribution in [0.1, 0.15) is 5.56 Å². The maximum atomic E-state index is 13.5. The number of nitrogens with two attached hydrogens (primary N) is 1. The molecule has 1 aromatic heterocycles. The average Bonchev–Trinajstić information content (AvgIpc) is 2.93. The number of benzene rings is 2. The van der Waals surface area contributed by atoms with Crippen LogP contribution in [0.2, 0.25) is 5.02 Å². The van der Waals surface area contributed by atoms with E-state index in [9.17, 15) is 4.39 Å². The highest BCUT2D eigenvalue weighted by Crippen LogP contribution is 2.28.